The Morgan fingerprint density at radius 2 is 2.24 bits per heavy atom. The quantitative estimate of drug-likeness (QED) is 0.856. The standard InChI is InChI=1S/C17H15ClN4O2.ClH/c18-13-7-12(16-10-20-5-6-24-16)2-4-14(13)22-17(23)15-3-1-11(8-19)9-21-15;/h1-4,7,9,16,20H,5-6,10H2,(H,22,23);1H/t16-;/m1./s1. The van der Waals surface area contributed by atoms with Crippen LogP contribution in [0.1, 0.15) is 27.7 Å². The molecule has 2 aromatic rings. The van der Waals surface area contributed by atoms with E-state index in [-0.39, 0.29) is 30.1 Å². The van der Waals surface area contributed by atoms with Crippen molar-refractivity contribution in [2.75, 3.05) is 25.0 Å². The molecule has 0 aliphatic carbocycles. The van der Waals surface area contributed by atoms with E-state index in [1.54, 1.807) is 18.2 Å². The lowest BCUT2D eigenvalue weighted by atomic mass is 10.1. The first-order valence-electron chi connectivity index (χ1n) is 7.46. The van der Waals surface area contributed by atoms with Gasteiger partial charge in [-0.05, 0) is 29.8 Å². The molecule has 0 spiro atoms. The lowest BCUT2D eigenvalue weighted by Gasteiger charge is -2.24. The van der Waals surface area contributed by atoms with Crippen LogP contribution in [0.25, 0.3) is 0 Å². The Labute approximate surface area is 156 Å². The number of hydrogen-bond acceptors (Lipinski definition) is 5. The Morgan fingerprint density at radius 3 is 2.84 bits per heavy atom. The number of amides is 1. The number of carbonyl (C=O) groups excluding carboxylic acids is 1. The van der Waals surface area contributed by atoms with Gasteiger partial charge in [0.25, 0.3) is 5.91 Å². The predicted molar refractivity (Wildman–Crippen MR) is 97.2 cm³/mol. The van der Waals surface area contributed by atoms with Gasteiger partial charge in [0.2, 0.25) is 0 Å². The maximum absolute atomic E-state index is 12.2. The summed E-state index contributed by atoms with van der Waals surface area (Å²) in [5, 5.41) is 15.2. The second-order valence-corrected chi connectivity index (χ2v) is 5.71. The number of anilines is 1. The van der Waals surface area contributed by atoms with Gasteiger partial charge in [-0.3, -0.25) is 4.79 Å². The minimum absolute atomic E-state index is 0. The molecular weight excluding hydrogens is 363 g/mol. The molecule has 2 N–H and O–H groups in total. The lowest BCUT2D eigenvalue weighted by molar-refractivity contribution is 0.0277. The molecule has 1 aliphatic heterocycles. The van der Waals surface area contributed by atoms with Gasteiger partial charge in [0.15, 0.2) is 0 Å². The molecule has 130 valence electrons. The Bertz CT molecular complexity index is 784. The number of nitrogens with zero attached hydrogens (tertiary/aromatic N) is 2. The van der Waals surface area contributed by atoms with Crippen molar-refractivity contribution >= 4 is 35.6 Å². The van der Waals surface area contributed by atoms with Crippen molar-refractivity contribution < 1.29 is 9.53 Å². The number of nitrogens with one attached hydrogen (secondary N) is 2. The zero-order valence-corrected chi connectivity index (χ0v) is 14.7. The fourth-order valence-corrected chi connectivity index (χ4v) is 2.63. The summed E-state index contributed by atoms with van der Waals surface area (Å²) in [4.78, 5) is 16.2. The van der Waals surface area contributed by atoms with Crippen molar-refractivity contribution in [3.8, 4) is 6.07 Å². The highest BCUT2D eigenvalue weighted by atomic mass is 35.5. The summed E-state index contributed by atoms with van der Waals surface area (Å²) >= 11 is 6.27. The first-order chi connectivity index (χ1) is 11.7. The number of morpholine rings is 1. The summed E-state index contributed by atoms with van der Waals surface area (Å²) in [5.41, 5.74) is 2.08. The van der Waals surface area contributed by atoms with Crippen LogP contribution in [-0.4, -0.2) is 30.6 Å². The van der Waals surface area contributed by atoms with Gasteiger partial charge in [-0.25, -0.2) is 4.98 Å². The van der Waals surface area contributed by atoms with Crippen LogP contribution in [0.4, 0.5) is 5.69 Å². The van der Waals surface area contributed by atoms with Gasteiger partial charge in [0.1, 0.15) is 11.8 Å². The molecular formula is C17H16Cl2N4O2. The molecule has 0 radical (unpaired) electrons. The van der Waals surface area contributed by atoms with E-state index in [0.29, 0.717) is 22.9 Å². The maximum Gasteiger partial charge on any atom is 0.274 e. The van der Waals surface area contributed by atoms with Crippen LogP contribution >= 0.6 is 24.0 Å². The van der Waals surface area contributed by atoms with Crippen LogP contribution < -0.4 is 10.6 Å². The van der Waals surface area contributed by atoms with Gasteiger partial charge >= 0.3 is 0 Å². The van der Waals surface area contributed by atoms with E-state index in [0.717, 1.165) is 18.7 Å². The van der Waals surface area contributed by atoms with E-state index in [9.17, 15) is 4.79 Å². The van der Waals surface area contributed by atoms with Crippen LogP contribution in [0, 0.1) is 11.3 Å². The summed E-state index contributed by atoms with van der Waals surface area (Å²) in [6, 6.07) is 10.4. The normalized spacial score (nSPS) is 16.4. The highest BCUT2D eigenvalue weighted by Crippen LogP contribution is 2.28. The van der Waals surface area contributed by atoms with Gasteiger partial charge < -0.3 is 15.4 Å². The molecule has 8 heteroatoms. The molecule has 1 aromatic heterocycles. The molecule has 0 saturated carbocycles. The molecule has 1 amide bonds. The van der Waals surface area contributed by atoms with Crippen LogP contribution in [0.5, 0.6) is 0 Å². The number of halogens is 2. The zero-order valence-electron chi connectivity index (χ0n) is 13.2. The molecule has 1 saturated heterocycles. The predicted octanol–water partition coefficient (Wildman–Crippen LogP) is 2.94. The smallest absolute Gasteiger partial charge is 0.274 e. The van der Waals surface area contributed by atoms with E-state index in [1.165, 1.54) is 12.3 Å². The van der Waals surface area contributed by atoms with Crippen LogP contribution in [0.3, 0.4) is 0 Å². The van der Waals surface area contributed by atoms with Crippen molar-refractivity contribution in [2.24, 2.45) is 0 Å². The Hall–Kier alpha value is -2.17. The third-order valence-electron chi connectivity index (χ3n) is 3.67. The molecule has 6 nitrogen and oxygen atoms in total. The molecule has 0 bridgehead atoms. The van der Waals surface area contributed by atoms with Crippen molar-refractivity contribution in [1.82, 2.24) is 10.3 Å². The minimum Gasteiger partial charge on any atom is -0.371 e. The van der Waals surface area contributed by atoms with E-state index >= 15 is 0 Å². The average Bonchev–Trinajstić information content (AvgIpc) is 2.64. The van der Waals surface area contributed by atoms with E-state index in [1.807, 2.05) is 12.1 Å². The fraction of sp³-hybridized carbons (Fsp3) is 0.235. The Balaban J connectivity index is 0.00000225. The number of carbonyl (C=O) groups is 1. The van der Waals surface area contributed by atoms with Crippen molar-refractivity contribution in [3.63, 3.8) is 0 Å². The third-order valence-corrected chi connectivity index (χ3v) is 3.98. The summed E-state index contributed by atoms with van der Waals surface area (Å²) in [5.74, 6) is -0.385. The fourth-order valence-electron chi connectivity index (χ4n) is 2.39. The number of ether oxygens (including phenoxy) is 1. The van der Waals surface area contributed by atoms with Crippen LogP contribution in [-0.2, 0) is 4.74 Å². The van der Waals surface area contributed by atoms with E-state index in [4.69, 9.17) is 21.6 Å². The van der Waals surface area contributed by atoms with Crippen LogP contribution in [0.2, 0.25) is 5.02 Å². The minimum atomic E-state index is -0.385. The number of nitriles is 1. The Morgan fingerprint density at radius 1 is 1.40 bits per heavy atom. The number of rotatable bonds is 3. The molecule has 25 heavy (non-hydrogen) atoms. The molecule has 2 heterocycles. The lowest BCUT2D eigenvalue weighted by Crippen LogP contribution is -2.33. The number of benzene rings is 1. The molecule has 3 rings (SSSR count). The highest BCUT2D eigenvalue weighted by molar-refractivity contribution is 6.34. The first kappa shape index (κ1) is 19.2. The first-order valence-corrected chi connectivity index (χ1v) is 7.84. The van der Waals surface area contributed by atoms with E-state index in [2.05, 4.69) is 15.6 Å². The summed E-state index contributed by atoms with van der Waals surface area (Å²) < 4.78 is 5.69. The topological polar surface area (TPSA) is 87.0 Å². The van der Waals surface area contributed by atoms with Gasteiger partial charge in [-0.2, -0.15) is 5.26 Å². The van der Waals surface area contributed by atoms with Gasteiger partial charge in [-0.1, -0.05) is 17.7 Å². The highest BCUT2D eigenvalue weighted by Gasteiger charge is 2.17. The van der Waals surface area contributed by atoms with Crippen molar-refractivity contribution in [2.45, 2.75) is 6.10 Å². The van der Waals surface area contributed by atoms with Gasteiger partial charge in [0, 0.05) is 19.3 Å². The van der Waals surface area contributed by atoms with Crippen molar-refractivity contribution in [1.29, 1.82) is 5.26 Å². The largest absolute Gasteiger partial charge is 0.371 e. The molecule has 1 aromatic carbocycles. The molecule has 1 fully saturated rings. The average molecular weight is 379 g/mol. The maximum atomic E-state index is 12.2. The molecule has 1 aliphatic rings. The number of hydrogen-bond donors (Lipinski definition) is 2. The summed E-state index contributed by atoms with van der Waals surface area (Å²) in [6.45, 7) is 2.23. The Kier molecular flexibility index (Phi) is 6.73. The molecule has 0 unspecified atom stereocenters. The zero-order chi connectivity index (χ0) is 16.9. The van der Waals surface area contributed by atoms with Crippen LogP contribution in [0.15, 0.2) is 36.5 Å². The number of pyridine rings is 1. The summed E-state index contributed by atoms with van der Waals surface area (Å²) in [7, 11) is 0. The monoisotopic (exact) mass is 378 g/mol. The third kappa shape index (κ3) is 4.68. The van der Waals surface area contributed by atoms with E-state index < -0.39 is 0 Å². The van der Waals surface area contributed by atoms with Gasteiger partial charge in [-0.15, -0.1) is 12.4 Å². The van der Waals surface area contributed by atoms with Gasteiger partial charge in [0.05, 0.1) is 29.0 Å². The van der Waals surface area contributed by atoms with Crippen molar-refractivity contribution in [3.05, 3.63) is 58.4 Å². The second-order valence-electron chi connectivity index (χ2n) is 5.30. The number of aromatic nitrogens is 1. The second kappa shape index (κ2) is 8.79. The summed E-state index contributed by atoms with van der Waals surface area (Å²) in [6.07, 6.45) is 1.31. The molecule has 1 atom stereocenters. The SMILES string of the molecule is Cl.N#Cc1ccc(C(=O)Nc2ccc([C@H]3CNCCO3)cc2Cl)nc1.